The molecular weight excluding hydrogens is 445 g/mol. The number of thioether (sulfide) groups is 1. The summed E-state index contributed by atoms with van der Waals surface area (Å²) in [6, 6.07) is 7.39. The molecule has 2 aliphatic rings. The summed E-state index contributed by atoms with van der Waals surface area (Å²) in [7, 11) is 2.05. The zero-order valence-corrected chi connectivity index (χ0v) is 18.8. The number of morpholine rings is 1. The molecule has 0 amide bonds. The van der Waals surface area contributed by atoms with Gasteiger partial charge >= 0.3 is 6.18 Å². The maximum absolute atomic E-state index is 12.8. The Kier molecular flexibility index (Phi) is 7.10. The molecule has 31 heavy (non-hydrogen) atoms. The molecule has 1 N–H and O–H groups in total. The standard InChI is InChI=1S/C21H25F3N4OS2/c1-27-19(16-7-12-30-14-16)25-26-20(27)31-11-2-8-28-9-10-29-18(13-28)15-3-5-17(6-4-15)21(22,23)24/h3-7,12,14,18,20,26H,2,8-11,13H2,1H3. The van der Waals surface area contributed by atoms with E-state index in [1.165, 1.54) is 12.1 Å². The van der Waals surface area contributed by atoms with E-state index in [0.717, 1.165) is 54.4 Å². The minimum Gasteiger partial charge on any atom is -0.371 e. The number of amidine groups is 1. The van der Waals surface area contributed by atoms with E-state index in [1.807, 2.05) is 24.2 Å². The van der Waals surface area contributed by atoms with Gasteiger partial charge in [-0.25, -0.2) is 0 Å². The summed E-state index contributed by atoms with van der Waals surface area (Å²) in [5.74, 6) is 1.95. The summed E-state index contributed by atoms with van der Waals surface area (Å²) in [5.41, 5.74) is 4.62. The Balaban J connectivity index is 1.20. The van der Waals surface area contributed by atoms with Gasteiger partial charge in [0.2, 0.25) is 0 Å². The van der Waals surface area contributed by atoms with Gasteiger partial charge < -0.3 is 9.64 Å². The number of rotatable bonds is 7. The van der Waals surface area contributed by atoms with E-state index < -0.39 is 11.7 Å². The lowest BCUT2D eigenvalue weighted by Crippen LogP contribution is -2.39. The van der Waals surface area contributed by atoms with Gasteiger partial charge in [-0.3, -0.25) is 10.3 Å². The quantitative estimate of drug-likeness (QED) is 0.606. The Morgan fingerprint density at radius 2 is 2.06 bits per heavy atom. The number of hydrazone groups is 1. The molecule has 0 aliphatic carbocycles. The van der Waals surface area contributed by atoms with Crippen LogP contribution in [0.4, 0.5) is 13.2 Å². The number of nitrogens with zero attached hydrogens (tertiary/aromatic N) is 3. The van der Waals surface area contributed by atoms with Crippen molar-refractivity contribution in [1.82, 2.24) is 15.2 Å². The van der Waals surface area contributed by atoms with E-state index in [0.29, 0.717) is 13.2 Å². The van der Waals surface area contributed by atoms with Gasteiger partial charge in [-0.2, -0.15) is 29.6 Å². The second-order valence-corrected chi connectivity index (χ2v) is 9.51. The normalized spacial score (nSPS) is 22.5. The Hall–Kier alpha value is -1.75. The first-order valence-electron chi connectivity index (χ1n) is 10.1. The first kappa shape index (κ1) is 22.4. The molecule has 1 aromatic carbocycles. The molecule has 0 radical (unpaired) electrons. The number of hydrogen-bond donors (Lipinski definition) is 1. The smallest absolute Gasteiger partial charge is 0.371 e. The van der Waals surface area contributed by atoms with E-state index in [1.54, 1.807) is 11.3 Å². The third-order valence-corrected chi connectivity index (χ3v) is 7.35. The number of ether oxygens (including phenoxy) is 1. The molecule has 2 unspecified atom stereocenters. The number of halogens is 3. The third-order valence-electron chi connectivity index (χ3n) is 5.40. The largest absolute Gasteiger partial charge is 0.416 e. The number of alkyl halides is 3. The van der Waals surface area contributed by atoms with E-state index in [2.05, 4.69) is 31.8 Å². The van der Waals surface area contributed by atoms with Crippen LogP contribution in [0, 0.1) is 0 Å². The maximum Gasteiger partial charge on any atom is 0.416 e. The lowest BCUT2D eigenvalue weighted by molar-refractivity contribution is -0.137. The number of thiophene rings is 1. The zero-order chi connectivity index (χ0) is 21.8. The summed E-state index contributed by atoms with van der Waals surface area (Å²) in [5, 5.41) is 8.60. The van der Waals surface area contributed by atoms with Crippen molar-refractivity contribution in [3.8, 4) is 0 Å². The highest BCUT2D eigenvalue weighted by Crippen LogP contribution is 2.31. The molecule has 2 aliphatic heterocycles. The number of nitrogens with one attached hydrogen (secondary N) is 1. The summed E-state index contributed by atoms with van der Waals surface area (Å²) in [4.78, 5) is 4.48. The van der Waals surface area contributed by atoms with Gasteiger partial charge in [0.1, 0.15) is 0 Å². The zero-order valence-electron chi connectivity index (χ0n) is 17.1. The molecule has 0 saturated carbocycles. The SMILES string of the molecule is CN1C(c2ccsc2)=NNC1SCCCN1CCOC(c2ccc(C(F)(F)F)cc2)C1. The van der Waals surface area contributed by atoms with Crippen LogP contribution >= 0.6 is 23.1 Å². The summed E-state index contributed by atoms with van der Waals surface area (Å²) >= 11 is 3.48. The summed E-state index contributed by atoms with van der Waals surface area (Å²) in [6.45, 7) is 3.06. The molecule has 1 aromatic heterocycles. The first-order chi connectivity index (χ1) is 14.9. The van der Waals surface area contributed by atoms with Crippen molar-refractivity contribution >= 4 is 28.9 Å². The first-order valence-corrected chi connectivity index (χ1v) is 12.1. The molecule has 1 saturated heterocycles. The van der Waals surface area contributed by atoms with Gasteiger partial charge in [-0.15, -0.1) is 11.8 Å². The van der Waals surface area contributed by atoms with Crippen LogP contribution in [0.15, 0.2) is 46.2 Å². The topological polar surface area (TPSA) is 40.1 Å². The van der Waals surface area contributed by atoms with Gasteiger partial charge in [0, 0.05) is 31.1 Å². The van der Waals surface area contributed by atoms with Crippen LogP contribution in [0.25, 0.3) is 0 Å². The monoisotopic (exact) mass is 470 g/mol. The molecule has 0 bridgehead atoms. The van der Waals surface area contributed by atoms with Gasteiger partial charge in [0.05, 0.1) is 18.3 Å². The van der Waals surface area contributed by atoms with Gasteiger partial charge in [-0.1, -0.05) is 12.1 Å². The summed E-state index contributed by atoms with van der Waals surface area (Å²) in [6.07, 6.45) is -3.48. The molecule has 2 aromatic rings. The van der Waals surface area contributed by atoms with Crippen LogP contribution in [0.1, 0.15) is 29.2 Å². The van der Waals surface area contributed by atoms with Crippen molar-refractivity contribution in [3.05, 3.63) is 57.8 Å². The molecule has 10 heteroatoms. The summed E-state index contributed by atoms with van der Waals surface area (Å²) < 4.78 is 44.1. The lowest BCUT2D eigenvalue weighted by atomic mass is 10.1. The molecular formula is C21H25F3N4OS2. The van der Waals surface area contributed by atoms with E-state index in [-0.39, 0.29) is 11.6 Å². The Morgan fingerprint density at radius 3 is 2.77 bits per heavy atom. The van der Waals surface area contributed by atoms with Crippen molar-refractivity contribution < 1.29 is 17.9 Å². The van der Waals surface area contributed by atoms with Crippen LogP contribution < -0.4 is 5.43 Å². The fourth-order valence-electron chi connectivity index (χ4n) is 3.68. The lowest BCUT2D eigenvalue weighted by Gasteiger charge is -2.33. The maximum atomic E-state index is 12.8. The Bertz CT molecular complexity index is 874. The molecule has 4 rings (SSSR count). The molecule has 168 valence electrons. The van der Waals surface area contributed by atoms with E-state index in [9.17, 15) is 13.2 Å². The molecule has 3 heterocycles. The van der Waals surface area contributed by atoms with Gasteiger partial charge in [-0.05, 0) is 47.9 Å². The second kappa shape index (κ2) is 9.81. The van der Waals surface area contributed by atoms with E-state index in [4.69, 9.17) is 4.74 Å². The Morgan fingerprint density at radius 1 is 1.26 bits per heavy atom. The highest BCUT2D eigenvalue weighted by Gasteiger charge is 2.31. The van der Waals surface area contributed by atoms with Crippen LogP contribution in [-0.4, -0.2) is 60.2 Å². The van der Waals surface area contributed by atoms with Crippen molar-refractivity contribution in [1.29, 1.82) is 0 Å². The third kappa shape index (κ3) is 5.54. The van der Waals surface area contributed by atoms with Crippen LogP contribution in [-0.2, 0) is 10.9 Å². The average Bonchev–Trinajstić information content (AvgIpc) is 3.41. The van der Waals surface area contributed by atoms with Crippen molar-refractivity contribution in [2.45, 2.75) is 24.2 Å². The van der Waals surface area contributed by atoms with Crippen molar-refractivity contribution in [3.63, 3.8) is 0 Å². The molecule has 1 fully saturated rings. The fraction of sp³-hybridized carbons (Fsp3) is 0.476. The predicted octanol–water partition coefficient (Wildman–Crippen LogP) is 4.44. The minimum atomic E-state index is -4.31. The Labute approximate surface area is 188 Å². The van der Waals surface area contributed by atoms with Crippen LogP contribution in [0.3, 0.4) is 0 Å². The van der Waals surface area contributed by atoms with Crippen LogP contribution in [0.2, 0.25) is 0 Å². The van der Waals surface area contributed by atoms with Gasteiger partial charge in [0.15, 0.2) is 11.3 Å². The number of benzene rings is 1. The molecule has 0 spiro atoms. The van der Waals surface area contributed by atoms with Crippen LogP contribution in [0.5, 0.6) is 0 Å². The van der Waals surface area contributed by atoms with E-state index >= 15 is 0 Å². The average molecular weight is 471 g/mol. The molecule has 2 atom stereocenters. The minimum absolute atomic E-state index is 0.125. The van der Waals surface area contributed by atoms with Gasteiger partial charge in [0.25, 0.3) is 0 Å². The highest BCUT2D eigenvalue weighted by molar-refractivity contribution is 7.99. The predicted molar refractivity (Wildman–Crippen MR) is 119 cm³/mol. The fourth-order valence-corrected chi connectivity index (χ4v) is 5.28. The second-order valence-electron chi connectivity index (χ2n) is 7.54. The molecule has 5 nitrogen and oxygen atoms in total. The van der Waals surface area contributed by atoms with Crippen molar-refractivity contribution in [2.24, 2.45) is 5.10 Å². The van der Waals surface area contributed by atoms with Crippen molar-refractivity contribution in [2.75, 3.05) is 39.0 Å². The number of hydrogen-bond acceptors (Lipinski definition) is 7. The highest BCUT2D eigenvalue weighted by atomic mass is 32.2.